The molecule has 1 amide bonds. The molecule has 2 aromatic carbocycles. The maximum absolute atomic E-state index is 13.3. The summed E-state index contributed by atoms with van der Waals surface area (Å²) in [5.41, 5.74) is 0.864. The van der Waals surface area contributed by atoms with Gasteiger partial charge in [0.25, 0.3) is 0 Å². The van der Waals surface area contributed by atoms with E-state index in [-0.39, 0.29) is 16.4 Å². The Morgan fingerprint density at radius 2 is 1.71 bits per heavy atom. The van der Waals surface area contributed by atoms with Gasteiger partial charge >= 0.3 is 0 Å². The number of aromatic amines is 1. The second-order valence-corrected chi connectivity index (χ2v) is 9.38. The van der Waals surface area contributed by atoms with E-state index >= 15 is 0 Å². The van der Waals surface area contributed by atoms with Crippen molar-refractivity contribution in [3.8, 4) is 0 Å². The molecule has 0 radical (unpaired) electrons. The number of benzene rings is 2. The number of H-pyrrole nitrogens is 1. The first-order valence-corrected chi connectivity index (χ1v) is 11.5. The number of nitrogens with zero attached hydrogens (tertiary/aromatic N) is 2. The first-order valence-electron chi connectivity index (χ1n) is 10.0. The van der Waals surface area contributed by atoms with Crippen LogP contribution in [0.4, 0.5) is 0 Å². The monoisotopic (exact) mass is 440 g/mol. The number of fused-ring (bicyclic) bond motifs is 1. The topological polar surface area (TPSA) is 103 Å². The molecule has 4 rings (SSSR count). The van der Waals surface area contributed by atoms with Crippen molar-refractivity contribution in [2.45, 2.75) is 10.9 Å². The Morgan fingerprint density at radius 3 is 2.42 bits per heavy atom. The summed E-state index contributed by atoms with van der Waals surface area (Å²) in [5.74, 6) is -0.270. The number of pyridine rings is 1. The zero-order valence-electron chi connectivity index (χ0n) is 17.1. The third kappa shape index (κ3) is 4.68. The predicted octanol–water partition coefficient (Wildman–Crippen LogP) is 1.32. The number of sulfonamides is 1. The van der Waals surface area contributed by atoms with Crippen molar-refractivity contribution >= 4 is 26.8 Å². The largest absolute Gasteiger partial charge is 0.338 e. The third-order valence-corrected chi connectivity index (χ3v) is 6.89. The van der Waals surface area contributed by atoms with Gasteiger partial charge in [0.1, 0.15) is 6.04 Å². The molecule has 9 heteroatoms. The number of carbonyl (C=O) groups excluding carboxylic acids is 1. The summed E-state index contributed by atoms with van der Waals surface area (Å²) < 4.78 is 29.0. The lowest BCUT2D eigenvalue weighted by molar-refractivity contribution is -0.134. The van der Waals surface area contributed by atoms with Gasteiger partial charge in [0, 0.05) is 37.8 Å². The molecular weight excluding hydrogens is 416 g/mol. The van der Waals surface area contributed by atoms with Crippen LogP contribution in [0.2, 0.25) is 0 Å². The summed E-state index contributed by atoms with van der Waals surface area (Å²) in [6.45, 7) is 2.57. The van der Waals surface area contributed by atoms with Crippen molar-refractivity contribution in [2.24, 2.45) is 0 Å². The first-order chi connectivity index (χ1) is 14.8. The Bertz CT molecular complexity index is 1250. The van der Waals surface area contributed by atoms with Gasteiger partial charge in [-0.1, -0.05) is 30.3 Å². The van der Waals surface area contributed by atoms with Crippen LogP contribution >= 0.6 is 0 Å². The zero-order chi connectivity index (χ0) is 22.0. The normalized spacial score (nSPS) is 16.4. The van der Waals surface area contributed by atoms with E-state index in [1.807, 2.05) is 13.1 Å². The molecule has 1 atom stereocenters. The molecule has 1 fully saturated rings. The van der Waals surface area contributed by atoms with Crippen LogP contribution in [-0.4, -0.2) is 62.3 Å². The molecule has 162 valence electrons. The van der Waals surface area contributed by atoms with Crippen LogP contribution in [0.1, 0.15) is 11.6 Å². The predicted molar refractivity (Wildman–Crippen MR) is 118 cm³/mol. The second kappa shape index (κ2) is 8.62. The second-order valence-electron chi connectivity index (χ2n) is 7.67. The Hall–Kier alpha value is -3.01. The quantitative estimate of drug-likeness (QED) is 0.623. The number of aromatic nitrogens is 1. The number of carbonyl (C=O) groups is 1. The third-order valence-electron chi connectivity index (χ3n) is 5.47. The van der Waals surface area contributed by atoms with Crippen LogP contribution in [0.15, 0.2) is 70.4 Å². The van der Waals surface area contributed by atoms with Crippen LogP contribution in [0.5, 0.6) is 0 Å². The SMILES string of the molecule is CN1CCN(C(=O)[C@H](NS(=O)(=O)c2ccc3[nH]c(=O)ccc3c2)c2ccccc2)CC1. The van der Waals surface area contributed by atoms with E-state index in [1.54, 1.807) is 41.3 Å². The molecule has 31 heavy (non-hydrogen) atoms. The number of rotatable bonds is 5. The van der Waals surface area contributed by atoms with E-state index < -0.39 is 16.1 Å². The van der Waals surface area contributed by atoms with Gasteiger partial charge < -0.3 is 14.8 Å². The van der Waals surface area contributed by atoms with Crippen LogP contribution < -0.4 is 10.3 Å². The lowest BCUT2D eigenvalue weighted by Gasteiger charge is -2.34. The molecule has 0 unspecified atom stereocenters. The number of likely N-dealkylation sites (N-methyl/N-ethyl adjacent to an activating group) is 1. The lowest BCUT2D eigenvalue weighted by Crippen LogP contribution is -2.51. The minimum atomic E-state index is -4.00. The average molecular weight is 441 g/mol. The Kier molecular flexibility index (Phi) is 5.90. The number of piperazine rings is 1. The van der Waals surface area contributed by atoms with E-state index in [2.05, 4.69) is 14.6 Å². The van der Waals surface area contributed by atoms with E-state index in [4.69, 9.17) is 0 Å². The Morgan fingerprint density at radius 1 is 1.00 bits per heavy atom. The van der Waals surface area contributed by atoms with Crippen LogP contribution in [0, 0.1) is 0 Å². The summed E-state index contributed by atoms with van der Waals surface area (Å²) >= 11 is 0. The fourth-order valence-electron chi connectivity index (χ4n) is 3.64. The molecule has 0 aliphatic carbocycles. The van der Waals surface area contributed by atoms with E-state index in [1.165, 1.54) is 18.2 Å². The van der Waals surface area contributed by atoms with Crippen molar-refractivity contribution in [3.05, 3.63) is 76.6 Å². The maximum Gasteiger partial charge on any atom is 0.248 e. The van der Waals surface area contributed by atoms with E-state index in [9.17, 15) is 18.0 Å². The summed E-state index contributed by atoms with van der Waals surface area (Å²) in [7, 11) is -2.01. The van der Waals surface area contributed by atoms with Crippen LogP contribution in [-0.2, 0) is 14.8 Å². The van der Waals surface area contributed by atoms with Gasteiger partial charge in [-0.2, -0.15) is 4.72 Å². The molecule has 0 saturated carbocycles. The highest BCUT2D eigenvalue weighted by molar-refractivity contribution is 7.89. The molecule has 0 spiro atoms. The standard InChI is InChI=1S/C22H24N4O4S/c1-25-11-13-26(14-12-25)22(28)21(16-5-3-2-4-6-16)24-31(29,30)18-8-9-19-17(15-18)7-10-20(27)23-19/h2-10,15,21,24H,11-14H2,1H3,(H,23,27)/t21-/m1/s1. The molecule has 3 aromatic rings. The highest BCUT2D eigenvalue weighted by Crippen LogP contribution is 2.22. The molecule has 0 bridgehead atoms. The van der Waals surface area contributed by atoms with Crippen LogP contribution in [0.3, 0.4) is 0 Å². The Balaban J connectivity index is 1.66. The van der Waals surface area contributed by atoms with Crippen molar-refractivity contribution in [1.29, 1.82) is 0 Å². The number of hydrogen-bond donors (Lipinski definition) is 2. The van der Waals surface area contributed by atoms with Crippen molar-refractivity contribution in [1.82, 2.24) is 19.5 Å². The number of nitrogens with one attached hydrogen (secondary N) is 2. The van der Waals surface area contributed by atoms with Crippen molar-refractivity contribution in [3.63, 3.8) is 0 Å². The fraction of sp³-hybridized carbons (Fsp3) is 0.273. The minimum absolute atomic E-state index is 0.0270. The van der Waals surface area contributed by atoms with Gasteiger partial charge in [-0.25, -0.2) is 8.42 Å². The lowest BCUT2D eigenvalue weighted by atomic mass is 10.1. The Labute approximate surface area is 180 Å². The van der Waals surface area contributed by atoms with Crippen molar-refractivity contribution < 1.29 is 13.2 Å². The number of hydrogen-bond acceptors (Lipinski definition) is 5. The average Bonchev–Trinajstić information content (AvgIpc) is 2.77. The van der Waals surface area contributed by atoms with E-state index in [0.717, 1.165) is 13.1 Å². The summed E-state index contributed by atoms with van der Waals surface area (Å²) in [4.78, 5) is 31.3. The first kappa shape index (κ1) is 21.2. The van der Waals surface area contributed by atoms with Gasteiger partial charge in [0.2, 0.25) is 21.5 Å². The molecular formula is C22H24N4O4S. The van der Waals surface area contributed by atoms with Gasteiger partial charge in [-0.15, -0.1) is 0 Å². The maximum atomic E-state index is 13.3. The highest BCUT2D eigenvalue weighted by Gasteiger charge is 2.32. The van der Waals surface area contributed by atoms with Crippen LogP contribution in [0.25, 0.3) is 10.9 Å². The minimum Gasteiger partial charge on any atom is -0.338 e. The van der Waals surface area contributed by atoms with Gasteiger partial charge in [-0.3, -0.25) is 9.59 Å². The van der Waals surface area contributed by atoms with Gasteiger partial charge in [0.15, 0.2) is 0 Å². The summed E-state index contributed by atoms with van der Waals surface area (Å²) in [5, 5.41) is 0.587. The number of amides is 1. The molecule has 1 aliphatic rings. The smallest absolute Gasteiger partial charge is 0.248 e. The highest BCUT2D eigenvalue weighted by atomic mass is 32.2. The van der Waals surface area contributed by atoms with E-state index in [0.29, 0.717) is 29.6 Å². The van der Waals surface area contributed by atoms with Gasteiger partial charge in [0.05, 0.1) is 4.90 Å². The molecule has 2 N–H and O–H groups in total. The zero-order valence-corrected chi connectivity index (χ0v) is 17.9. The fourth-order valence-corrected chi connectivity index (χ4v) is 4.85. The summed E-state index contributed by atoms with van der Waals surface area (Å²) in [6.07, 6.45) is 0. The van der Waals surface area contributed by atoms with Crippen molar-refractivity contribution in [2.75, 3.05) is 33.2 Å². The molecule has 8 nitrogen and oxygen atoms in total. The molecule has 1 saturated heterocycles. The molecule has 2 heterocycles. The molecule has 1 aromatic heterocycles. The van der Waals surface area contributed by atoms with Gasteiger partial charge in [-0.05, 0) is 42.3 Å². The molecule has 1 aliphatic heterocycles. The summed E-state index contributed by atoms with van der Waals surface area (Å²) in [6, 6.07) is 15.2.